The summed E-state index contributed by atoms with van der Waals surface area (Å²) in [6.45, 7) is 13.1. The zero-order valence-electron chi connectivity index (χ0n) is 21.3. The summed E-state index contributed by atoms with van der Waals surface area (Å²) in [6, 6.07) is 3.35. The highest BCUT2D eigenvalue weighted by atomic mass is 79.9. The maximum Gasteiger partial charge on any atom is 0.410 e. The topological polar surface area (TPSA) is 106 Å². The number of benzene rings is 1. The number of morpholine rings is 1. The van der Waals surface area contributed by atoms with Crippen LogP contribution in [0.15, 0.2) is 16.6 Å². The predicted octanol–water partition coefficient (Wildman–Crippen LogP) is 3.51. The molecule has 0 radical (unpaired) electrons. The van der Waals surface area contributed by atoms with Crippen LogP contribution in [-0.2, 0) is 9.47 Å². The van der Waals surface area contributed by atoms with E-state index in [0.29, 0.717) is 47.1 Å². The van der Waals surface area contributed by atoms with Crippen molar-refractivity contribution in [1.82, 2.24) is 15.1 Å². The molecule has 1 atom stereocenters. The second-order valence-electron chi connectivity index (χ2n) is 10.2. The monoisotopic (exact) mass is 554 g/mol. The normalized spacial score (nSPS) is 19.9. The Morgan fingerprint density at radius 3 is 2.60 bits per heavy atom. The number of anilines is 1. The second-order valence-corrected chi connectivity index (χ2v) is 11.0. The summed E-state index contributed by atoms with van der Waals surface area (Å²) in [5.74, 6) is 0.780. The predicted molar refractivity (Wildman–Crippen MR) is 139 cm³/mol. The average Bonchev–Trinajstić information content (AvgIpc) is 2.79. The number of ether oxygens (including phenoxy) is 3. The number of carbonyl (C=O) groups excluding carboxylic acids is 2. The van der Waals surface area contributed by atoms with E-state index in [9.17, 15) is 9.59 Å². The number of nitrogens with two attached hydrogens (primary N) is 1. The lowest BCUT2D eigenvalue weighted by molar-refractivity contribution is -0.0342. The molecule has 0 spiro atoms. The van der Waals surface area contributed by atoms with Crippen LogP contribution in [0.25, 0.3) is 0 Å². The van der Waals surface area contributed by atoms with Gasteiger partial charge in [-0.2, -0.15) is 0 Å². The minimum absolute atomic E-state index is 0.0812. The fourth-order valence-corrected chi connectivity index (χ4v) is 4.73. The van der Waals surface area contributed by atoms with Crippen molar-refractivity contribution in [1.29, 1.82) is 0 Å². The first-order valence-electron chi connectivity index (χ1n) is 12.4. The Morgan fingerprint density at radius 2 is 1.94 bits per heavy atom. The van der Waals surface area contributed by atoms with Crippen LogP contribution in [0.1, 0.15) is 50.9 Å². The van der Waals surface area contributed by atoms with Crippen molar-refractivity contribution < 1.29 is 23.8 Å². The largest absolute Gasteiger partial charge is 0.493 e. The average molecular weight is 556 g/mol. The van der Waals surface area contributed by atoms with Gasteiger partial charge in [-0.05, 0) is 68.5 Å². The molecule has 2 aliphatic rings. The number of hydrogen-bond acceptors (Lipinski definition) is 7. The van der Waals surface area contributed by atoms with Crippen molar-refractivity contribution in [3.05, 3.63) is 22.2 Å². The molecule has 2 heterocycles. The van der Waals surface area contributed by atoms with Gasteiger partial charge in [0, 0.05) is 55.5 Å². The third-order valence-electron chi connectivity index (χ3n) is 6.14. The molecule has 0 aromatic heterocycles. The highest BCUT2D eigenvalue weighted by molar-refractivity contribution is 9.10. The summed E-state index contributed by atoms with van der Waals surface area (Å²) < 4.78 is 17.7. The van der Waals surface area contributed by atoms with Gasteiger partial charge in [-0.25, -0.2) is 4.79 Å². The lowest BCUT2D eigenvalue weighted by Gasteiger charge is -2.38. The summed E-state index contributed by atoms with van der Waals surface area (Å²) >= 11 is 3.39. The Kier molecular flexibility index (Phi) is 9.66. The first-order chi connectivity index (χ1) is 16.6. The number of nitrogen functional groups attached to an aromatic ring is 1. The van der Waals surface area contributed by atoms with E-state index in [0.717, 1.165) is 45.6 Å². The molecule has 3 rings (SSSR count). The van der Waals surface area contributed by atoms with Crippen LogP contribution in [0, 0.1) is 5.92 Å². The molecular formula is C25H39BrN4O5. The number of nitrogens with one attached hydrogen (secondary N) is 1. The number of nitrogens with zero attached hydrogens (tertiary/aromatic N) is 2. The van der Waals surface area contributed by atoms with Crippen LogP contribution in [-0.4, -0.2) is 86.0 Å². The van der Waals surface area contributed by atoms with Crippen LogP contribution >= 0.6 is 15.9 Å². The van der Waals surface area contributed by atoms with Crippen LogP contribution < -0.4 is 15.8 Å². The first kappa shape index (κ1) is 27.5. The molecule has 35 heavy (non-hydrogen) atoms. The molecule has 2 amide bonds. The highest BCUT2D eigenvalue weighted by Gasteiger charge is 2.29. The molecule has 2 aliphatic heterocycles. The van der Waals surface area contributed by atoms with E-state index in [2.05, 4.69) is 26.1 Å². The van der Waals surface area contributed by atoms with Crippen LogP contribution in [0.5, 0.6) is 5.75 Å². The van der Waals surface area contributed by atoms with E-state index in [4.69, 9.17) is 19.9 Å². The van der Waals surface area contributed by atoms with Crippen molar-refractivity contribution >= 4 is 33.6 Å². The van der Waals surface area contributed by atoms with Gasteiger partial charge in [0.05, 0.1) is 24.9 Å². The van der Waals surface area contributed by atoms with E-state index in [1.54, 1.807) is 12.1 Å². The first-order valence-corrected chi connectivity index (χ1v) is 13.2. The molecule has 0 saturated carbocycles. The van der Waals surface area contributed by atoms with Gasteiger partial charge in [0.15, 0.2) is 0 Å². The van der Waals surface area contributed by atoms with Crippen molar-refractivity contribution in [2.24, 2.45) is 5.92 Å². The lowest BCUT2D eigenvalue weighted by atomic mass is 9.96. The van der Waals surface area contributed by atoms with Gasteiger partial charge in [0.2, 0.25) is 0 Å². The zero-order valence-corrected chi connectivity index (χ0v) is 22.9. The van der Waals surface area contributed by atoms with Gasteiger partial charge >= 0.3 is 6.09 Å². The molecule has 3 N–H and O–H groups in total. The van der Waals surface area contributed by atoms with Gasteiger partial charge in [0.25, 0.3) is 5.91 Å². The minimum atomic E-state index is -0.471. The third kappa shape index (κ3) is 8.25. The van der Waals surface area contributed by atoms with E-state index in [1.165, 1.54) is 0 Å². The lowest BCUT2D eigenvalue weighted by Crippen LogP contribution is -2.50. The van der Waals surface area contributed by atoms with Crippen molar-refractivity contribution in [2.45, 2.75) is 52.2 Å². The summed E-state index contributed by atoms with van der Waals surface area (Å²) in [7, 11) is 0. The van der Waals surface area contributed by atoms with Crippen molar-refractivity contribution in [3.8, 4) is 5.75 Å². The number of amides is 2. The van der Waals surface area contributed by atoms with E-state index in [1.807, 2.05) is 32.6 Å². The molecule has 9 nitrogen and oxygen atoms in total. The number of hydrogen-bond donors (Lipinski definition) is 2. The quantitative estimate of drug-likeness (QED) is 0.496. The zero-order chi connectivity index (χ0) is 25.6. The molecule has 1 aromatic carbocycles. The number of halogens is 1. The van der Waals surface area contributed by atoms with E-state index >= 15 is 0 Å². The molecule has 196 valence electrons. The molecule has 10 heteroatoms. The fourth-order valence-electron chi connectivity index (χ4n) is 4.38. The Morgan fingerprint density at radius 1 is 1.23 bits per heavy atom. The molecule has 0 unspecified atom stereocenters. The standard InChI is InChI=1S/C25H39BrN4O5/c1-5-33-22-13-21(27)20(26)12-19(22)23(31)28-14-18-16-29(10-11-34-18)15-17-6-8-30(9-7-17)24(32)35-25(2,3)4/h12-13,17-18H,5-11,14-16,27H2,1-4H3,(H,28,31)/t18-/m0/s1. The van der Waals surface area contributed by atoms with Gasteiger partial charge in [-0.3, -0.25) is 9.69 Å². The van der Waals surface area contributed by atoms with Gasteiger partial charge in [-0.15, -0.1) is 0 Å². The smallest absolute Gasteiger partial charge is 0.410 e. The summed E-state index contributed by atoms with van der Waals surface area (Å²) in [6.07, 6.45) is 1.62. The number of piperidine rings is 1. The maximum atomic E-state index is 12.9. The molecule has 0 aliphatic carbocycles. The minimum Gasteiger partial charge on any atom is -0.493 e. The Balaban J connectivity index is 1.45. The van der Waals surface area contributed by atoms with Crippen LogP contribution in [0.3, 0.4) is 0 Å². The highest BCUT2D eigenvalue weighted by Crippen LogP contribution is 2.29. The van der Waals surface area contributed by atoms with Gasteiger partial charge in [0.1, 0.15) is 11.4 Å². The maximum absolute atomic E-state index is 12.9. The Bertz CT molecular complexity index is 883. The van der Waals surface area contributed by atoms with Crippen LogP contribution in [0.2, 0.25) is 0 Å². The Hall–Kier alpha value is -2.04. The van der Waals surface area contributed by atoms with Gasteiger partial charge < -0.3 is 30.2 Å². The number of likely N-dealkylation sites (tertiary alicyclic amines) is 1. The number of rotatable bonds is 7. The second kappa shape index (κ2) is 12.3. The molecule has 2 saturated heterocycles. The summed E-state index contributed by atoms with van der Waals surface area (Å²) in [4.78, 5) is 29.4. The van der Waals surface area contributed by atoms with Crippen molar-refractivity contribution in [3.63, 3.8) is 0 Å². The van der Waals surface area contributed by atoms with E-state index < -0.39 is 5.60 Å². The van der Waals surface area contributed by atoms with E-state index in [-0.39, 0.29) is 18.1 Å². The summed E-state index contributed by atoms with van der Waals surface area (Å²) in [5, 5.41) is 2.98. The Labute approximate surface area is 216 Å². The molecule has 0 bridgehead atoms. The third-order valence-corrected chi connectivity index (χ3v) is 6.83. The number of carbonyl (C=O) groups is 2. The summed E-state index contributed by atoms with van der Waals surface area (Å²) in [5.41, 5.74) is 6.43. The van der Waals surface area contributed by atoms with Gasteiger partial charge in [-0.1, -0.05) is 0 Å². The molecule has 1 aromatic rings. The fraction of sp³-hybridized carbons (Fsp3) is 0.680. The molecular weight excluding hydrogens is 516 g/mol. The van der Waals surface area contributed by atoms with Crippen LogP contribution in [0.4, 0.5) is 10.5 Å². The SMILES string of the molecule is CCOc1cc(N)c(Br)cc1C(=O)NC[C@H]1CN(CC2CCN(C(=O)OC(C)(C)C)CC2)CCO1. The molecule has 2 fully saturated rings. The van der Waals surface area contributed by atoms with Crippen molar-refractivity contribution in [2.75, 3.05) is 58.2 Å².